The second kappa shape index (κ2) is 2.15. The summed E-state index contributed by atoms with van der Waals surface area (Å²) in [6, 6.07) is 0. The quantitative estimate of drug-likeness (QED) is 0.375. The van der Waals surface area contributed by atoms with Crippen LogP contribution in [0.15, 0.2) is 0 Å². The van der Waals surface area contributed by atoms with Gasteiger partial charge < -0.3 is 4.52 Å². The largest absolute Gasteiger partial charge is 0.329 e. The van der Waals surface area contributed by atoms with Gasteiger partial charge in [-0.05, 0) is 0 Å². The maximum atomic E-state index is 10.8. The Morgan fingerprint density at radius 1 is 1.89 bits per heavy atom. The average Bonchev–Trinajstić information content (AvgIpc) is 2.10. The molecule has 9 heavy (non-hydrogen) atoms. The van der Waals surface area contributed by atoms with E-state index in [9.17, 15) is 4.57 Å². The highest BCUT2D eigenvalue weighted by atomic mass is 31.2. The summed E-state index contributed by atoms with van der Waals surface area (Å²) in [4.78, 5) is 0. The van der Waals surface area contributed by atoms with E-state index >= 15 is 0 Å². The molecule has 0 bridgehead atoms. The molecule has 2 unspecified atom stereocenters. The highest BCUT2D eigenvalue weighted by Crippen LogP contribution is 2.49. The molecule has 1 aliphatic rings. The van der Waals surface area contributed by atoms with E-state index < -0.39 is 13.7 Å². The van der Waals surface area contributed by atoms with Gasteiger partial charge in [-0.1, -0.05) is 5.92 Å². The molecule has 0 saturated carbocycles. The van der Waals surface area contributed by atoms with Crippen LogP contribution in [0.1, 0.15) is 0 Å². The Kier molecular flexibility index (Phi) is 1.63. The van der Waals surface area contributed by atoms with E-state index in [0.717, 1.165) is 0 Å². The zero-order valence-corrected chi connectivity index (χ0v) is 5.93. The van der Waals surface area contributed by atoms with Crippen LogP contribution in [0, 0.1) is 12.3 Å². The molecular weight excluding hydrogens is 139 g/mol. The summed E-state index contributed by atoms with van der Waals surface area (Å²) in [5, 5.41) is 0. The first-order valence-electron chi connectivity index (χ1n) is 2.50. The van der Waals surface area contributed by atoms with Crippen LogP contribution in [0.4, 0.5) is 0 Å². The van der Waals surface area contributed by atoms with E-state index in [2.05, 4.69) is 5.92 Å². The highest BCUT2D eigenvalue weighted by Gasteiger charge is 2.30. The number of hydrogen-bond donors (Lipinski definition) is 0. The molecule has 4 heteroatoms. The average molecular weight is 146 g/mol. The lowest BCUT2D eigenvalue weighted by atomic mass is 10.4. The molecule has 1 heterocycles. The van der Waals surface area contributed by atoms with Gasteiger partial charge in [0.1, 0.15) is 0 Å². The molecule has 0 aliphatic carbocycles. The molecule has 1 saturated heterocycles. The van der Waals surface area contributed by atoms with Crippen molar-refractivity contribution in [2.24, 2.45) is 0 Å². The van der Waals surface area contributed by atoms with Crippen LogP contribution in [-0.4, -0.2) is 19.4 Å². The van der Waals surface area contributed by atoms with E-state index in [1.54, 1.807) is 0 Å². The molecule has 2 atom stereocenters. The fourth-order valence-corrected chi connectivity index (χ4v) is 1.62. The third-order valence-electron chi connectivity index (χ3n) is 0.965. The molecule has 0 amide bonds. The first-order chi connectivity index (χ1) is 4.14. The van der Waals surface area contributed by atoms with Gasteiger partial charge in [-0.25, -0.2) is 0 Å². The van der Waals surface area contributed by atoms with E-state index in [1.807, 2.05) is 0 Å². The van der Waals surface area contributed by atoms with Crippen LogP contribution in [0.5, 0.6) is 0 Å². The predicted molar refractivity (Wildman–Crippen MR) is 33.2 cm³/mol. The van der Waals surface area contributed by atoms with Crippen LogP contribution in [-0.2, 0) is 13.6 Å². The Morgan fingerprint density at radius 2 is 2.56 bits per heavy atom. The summed E-state index contributed by atoms with van der Waals surface area (Å²) in [6.07, 6.45) is 4.56. The van der Waals surface area contributed by atoms with E-state index in [0.29, 0.717) is 0 Å². The van der Waals surface area contributed by atoms with Gasteiger partial charge in [0.05, 0.1) is 6.61 Å². The van der Waals surface area contributed by atoms with Crippen molar-refractivity contribution in [3.05, 3.63) is 0 Å². The van der Waals surface area contributed by atoms with Crippen LogP contribution in [0.3, 0.4) is 0 Å². The minimum absolute atomic E-state index is 0.254. The van der Waals surface area contributed by atoms with E-state index in [-0.39, 0.29) is 6.61 Å². The fourth-order valence-electron chi connectivity index (χ4n) is 0.574. The summed E-state index contributed by atoms with van der Waals surface area (Å²) in [5.41, 5.74) is 0. The Bertz CT molecular complexity index is 193. The van der Waals surface area contributed by atoms with Crippen molar-refractivity contribution in [2.45, 2.75) is 6.10 Å². The molecule has 0 aromatic carbocycles. The van der Waals surface area contributed by atoms with Crippen molar-refractivity contribution in [1.29, 1.82) is 0 Å². The summed E-state index contributed by atoms with van der Waals surface area (Å²) in [7, 11) is -2.76. The van der Waals surface area contributed by atoms with Crippen molar-refractivity contribution >= 4 is 7.60 Å². The second-order valence-electron chi connectivity index (χ2n) is 1.83. The van der Waals surface area contributed by atoms with E-state index in [4.69, 9.17) is 15.5 Å². The minimum atomic E-state index is -2.76. The molecule has 1 fully saturated rings. The summed E-state index contributed by atoms with van der Waals surface area (Å²) in [6.45, 7) is 1.66. The summed E-state index contributed by atoms with van der Waals surface area (Å²) >= 11 is 0. The fraction of sp³-hybridized carbons (Fsp3) is 0.600. The third-order valence-corrected chi connectivity index (χ3v) is 2.22. The maximum absolute atomic E-state index is 10.8. The van der Waals surface area contributed by atoms with Gasteiger partial charge in [0.25, 0.3) is 0 Å². The predicted octanol–water partition coefficient (Wildman–Crippen LogP) is 0.858. The first kappa shape index (κ1) is 6.82. The smallest absolute Gasteiger partial charge is 0.305 e. The van der Waals surface area contributed by atoms with Gasteiger partial charge in [0, 0.05) is 6.66 Å². The Labute approximate surface area is 53.9 Å². The first-order valence-corrected chi connectivity index (χ1v) is 4.49. The molecule has 0 aromatic heterocycles. The van der Waals surface area contributed by atoms with Crippen molar-refractivity contribution in [3.63, 3.8) is 0 Å². The molecule has 1 aliphatic heterocycles. The Hall–Kier alpha value is -0.290. The third kappa shape index (κ3) is 1.56. The van der Waals surface area contributed by atoms with Crippen molar-refractivity contribution in [1.82, 2.24) is 0 Å². The van der Waals surface area contributed by atoms with Gasteiger partial charge in [-0.15, -0.1) is 6.42 Å². The van der Waals surface area contributed by atoms with Gasteiger partial charge in [-0.2, -0.15) is 0 Å². The number of terminal acetylenes is 1. The second-order valence-corrected chi connectivity index (χ2v) is 3.84. The topological polar surface area (TPSA) is 35.5 Å². The van der Waals surface area contributed by atoms with E-state index in [1.165, 1.54) is 6.66 Å². The standard InChI is InChI=1S/C5H7O3P/c1-3-5-4-7-9(2,6)8-5/h1,5H,4H2,2H3. The molecular formula is C5H7O3P. The molecule has 3 nitrogen and oxygen atoms in total. The van der Waals surface area contributed by atoms with Crippen LogP contribution in [0.2, 0.25) is 0 Å². The van der Waals surface area contributed by atoms with Crippen LogP contribution in [0.25, 0.3) is 0 Å². The van der Waals surface area contributed by atoms with Crippen molar-refractivity contribution in [2.75, 3.05) is 13.3 Å². The molecule has 0 aromatic rings. The lowest BCUT2D eigenvalue weighted by Crippen LogP contribution is -2.03. The normalized spacial score (nSPS) is 42.4. The zero-order valence-electron chi connectivity index (χ0n) is 5.03. The molecule has 0 spiro atoms. The Balaban J connectivity index is 2.60. The lowest BCUT2D eigenvalue weighted by Gasteiger charge is -1.99. The summed E-state index contributed by atoms with van der Waals surface area (Å²) < 4.78 is 20.4. The maximum Gasteiger partial charge on any atom is 0.329 e. The van der Waals surface area contributed by atoms with Crippen LogP contribution < -0.4 is 0 Å². The molecule has 0 radical (unpaired) electrons. The van der Waals surface area contributed by atoms with Gasteiger partial charge in [0.2, 0.25) is 0 Å². The van der Waals surface area contributed by atoms with Crippen molar-refractivity contribution in [3.8, 4) is 12.3 Å². The highest BCUT2D eigenvalue weighted by molar-refractivity contribution is 7.53. The monoisotopic (exact) mass is 146 g/mol. The molecule has 1 rings (SSSR count). The zero-order chi connectivity index (χ0) is 6.91. The van der Waals surface area contributed by atoms with Gasteiger partial charge in [-0.3, -0.25) is 9.09 Å². The van der Waals surface area contributed by atoms with Gasteiger partial charge in [0.15, 0.2) is 6.10 Å². The molecule has 0 N–H and O–H groups in total. The minimum Gasteiger partial charge on any atom is -0.305 e. The van der Waals surface area contributed by atoms with Crippen molar-refractivity contribution < 1.29 is 13.6 Å². The number of rotatable bonds is 0. The Morgan fingerprint density at radius 3 is 2.78 bits per heavy atom. The molecule has 50 valence electrons. The lowest BCUT2D eigenvalue weighted by molar-refractivity contribution is 0.297. The number of hydrogen-bond acceptors (Lipinski definition) is 3. The van der Waals surface area contributed by atoms with Crippen LogP contribution >= 0.6 is 7.60 Å². The van der Waals surface area contributed by atoms with Gasteiger partial charge >= 0.3 is 7.60 Å². The SMILES string of the molecule is C#CC1COP(C)(=O)O1. The summed E-state index contributed by atoms with van der Waals surface area (Å²) in [5.74, 6) is 2.30.